The topological polar surface area (TPSA) is 50.4 Å². The molecule has 2 rings (SSSR count). The third-order valence-corrected chi connectivity index (χ3v) is 5.84. The average molecular weight is 268 g/mol. The van der Waals surface area contributed by atoms with Crippen LogP contribution in [0.4, 0.5) is 4.79 Å². The molecule has 2 aliphatic rings. The fourth-order valence-electron chi connectivity index (χ4n) is 4.01. The van der Waals surface area contributed by atoms with E-state index in [1.54, 1.807) is 0 Å². The van der Waals surface area contributed by atoms with Gasteiger partial charge < -0.3 is 15.4 Å². The Labute approximate surface area is 116 Å². The van der Waals surface area contributed by atoms with Crippen molar-refractivity contribution in [3.63, 3.8) is 0 Å². The molecule has 4 heteroatoms. The summed E-state index contributed by atoms with van der Waals surface area (Å²) in [5, 5.41) is 6.05. The van der Waals surface area contributed by atoms with Crippen LogP contribution in [0.15, 0.2) is 0 Å². The van der Waals surface area contributed by atoms with E-state index in [0.717, 1.165) is 12.3 Å². The lowest BCUT2D eigenvalue weighted by Gasteiger charge is -2.39. The van der Waals surface area contributed by atoms with E-state index in [0.29, 0.717) is 31.2 Å². The first-order valence-electron chi connectivity index (χ1n) is 7.54. The molecule has 0 saturated heterocycles. The molecule has 0 aromatic heterocycles. The SMILES string of the molecule is CCOCCNC(=O)NC1CC2CCC1(C)C2(C)C. The zero-order chi connectivity index (χ0) is 14.1. The summed E-state index contributed by atoms with van der Waals surface area (Å²) in [5.74, 6) is 0.756. The van der Waals surface area contributed by atoms with Gasteiger partial charge in [0.25, 0.3) is 0 Å². The quantitative estimate of drug-likeness (QED) is 0.753. The first-order valence-corrected chi connectivity index (χ1v) is 7.54. The van der Waals surface area contributed by atoms with Crippen molar-refractivity contribution in [3.05, 3.63) is 0 Å². The Kier molecular flexibility index (Phi) is 4.09. The van der Waals surface area contributed by atoms with Crippen molar-refractivity contribution in [1.82, 2.24) is 10.6 Å². The van der Waals surface area contributed by atoms with Crippen molar-refractivity contribution in [2.75, 3.05) is 19.8 Å². The molecule has 0 radical (unpaired) electrons. The molecular weight excluding hydrogens is 240 g/mol. The molecule has 0 aliphatic heterocycles. The Balaban J connectivity index is 1.83. The summed E-state index contributed by atoms with van der Waals surface area (Å²) in [6.07, 6.45) is 3.67. The molecule has 0 aromatic rings. The smallest absolute Gasteiger partial charge is 0.315 e. The van der Waals surface area contributed by atoms with Crippen molar-refractivity contribution in [1.29, 1.82) is 0 Å². The Morgan fingerprint density at radius 2 is 2.11 bits per heavy atom. The van der Waals surface area contributed by atoms with Crippen LogP contribution in [0.25, 0.3) is 0 Å². The van der Waals surface area contributed by atoms with Crippen LogP contribution in [-0.2, 0) is 4.74 Å². The number of hydrogen-bond acceptors (Lipinski definition) is 2. The number of ether oxygens (including phenoxy) is 1. The van der Waals surface area contributed by atoms with Crippen molar-refractivity contribution in [2.45, 2.75) is 53.0 Å². The van der Waals surface area contributed by atoms with Crippen LogP contribution in [-0.4, -0.2) is 31.8 Å². The Hall–Kier alpha value is -0.770. The van der Waals surface area contributed by atoms with Crippen LogP contribution >= 0.6 is 0 Å². The van der Waals surface area contributed by atoms with E-state index in [1.165, 1.54) is 12.8 Å². The Morgan fingerprint density at radius 3 is 2.63 bits per heavy atom. The first kappa shape index (κ1) is 14.6. The van der Waals surface area contributed by atoms with Gasteiger partial charge in [-0.3, -0.25) is 0 Å². The molecule has 2 saturated carbocycles. The normalized spacial score (nSPS) is 35.4. The van der Waals surface area contributed by atoms with Crippen molar-refractivity contribution in [3.8, 4) is 0 Å². The monoisotopic (exact) mass is 268 g/mol. The Morgan fingerprint density at radius 1 is 1.37 bits per heavy atom. The summed E-state index contributed by atoms with van der Waals surface area (Å²) in [6.45, 7) is 10.9. The van der Waals surface area contributed by atoms with Gasteiger partial charge in [0.1, 0.15) is 0 Å². The number of nitrogens with one attached hydrogen (secondary N) is 2. The van der Waals surface area contributed by atoms with E-state index in [4.69, 9.17) is 4.74 Å². The fraction of sp³-hybridized carbons (Fsp3) is 0.933. The van der Waals surface area contributed by atoms with Gasteiger partial charge in [-0.2, -0.15) is 0 Å². The maximum absolute atomic E-state index is 11.9. The van der Waals surface area contributed by atoms with Crippen LogP contribution in [0, 0.1) is 16.7 Å². The summed E-state index contributed by atoms with van der Waals surface area (Å²) >= 11 is 0. The molecule has 19 heavy (non-hydrogen) atoms. The van der Waals surface area contributed by atoms with Crippen LogP contribution in [0.5, 0.6) is 0 Å². The number of hydrogen-bond donors (Lipinski definition) is 2. The molecule has 2 bridgehead atoms. The van der Waals surface area contributed by atoms with Crippen LogP contribution in [0.1, 0.15) is 47.0 Å². The summed E-state index contributed by atoms with van der Waals surface area (Å²) < 4.78 is 5.21. The molecule has 3 atom stereocenters. The van der Waals surface area contributed by atoms with E-state index < -0.39 is 0 Å². The third-order valence-electron chi connectivity index (χ3n) is 5.84. The number of urea groups is 1. The molecule has 4 nitrogen and oxygen atoms in total. The van der Waals surface area contributed by atoms with Gasteiger partial charge in [0, 0.05) is 19.2 Å². The highest BCUT2D eigenvalue weighted by Gasteiger charge is 2.61. The van der Waals surface area contributed by atoms with Gasteiger partial charge in [0.2, 0.25) is 0 Å². The predicted octanol–water partition coefficient (Wildman–Crippen LogP) is 2.54. The standard InChI is InChI=1S/C15H28N2O2/c1-5-19-9-8-16-13(18)17-12-10-11-6-7-15(12,4)14(11,2)3/h11-12H,5-10H2,1-4H3,(H2,16,17,18). The molecule has 2 aliphatic carbocycles. The highest BCUT2D eigenvalue weighted by atomic mass is 16.5. The van der Waals surface area contributed by atoms with Gasteiger partial charge in [-0.1, -0.05) is 20.8 Å². The van der Waals surface area contributed by atoms with Gasteiger partial charge in [-0.15, -0.1) is 0 Å². The second-order valence-electron chi connectivity index (χ2n) is 6.76. The molecule has 110 valence electrons. The zero-order valence-electron chi connectivity index (χ0n) is 12.7. The maximum atomic E-state index is 11.9. The lowest BCUT2D eigenvalue weighted by Crippen LogP contribution is -2.50. The molecule has 0 heterocycles. The highest BCUT2D eigenvalue weighted by molar-refractivity contribution is 5.74. The van der Waals surface area contributed by atoms with Crippen LogP contribution in [0.3, 0.4) is 0 Å². The van der Waals surface area contributed by atoms with Gasteiger partial charge >= 0.3 is 6.03 Å². The summed E-state index contributed by atoms with van der Waals surface area (Å²) in [6, 6.07) is 0.266. The van der Waals surface area contributed by atoms with E-state index >= 15 is 0 Å². The van der Waals surface area contributed by atoms with Crippen molar-refractivity contribution >= 4 is 6.03 Å². The summed E-state index contributed by atoms with van der Waals surface area (Å²) in [5.41, 5.74) is 0.588. The molecular formula is C15H28N2O2. The molecule has 0 aromatic carbocycles. The number of rotatable bonds is 5. The fourth-order valence-corrected chi connectivity index (χ4v) is 4.01. The lowest BCUT2D eigenvalue weighted by molar-refractivity contribution is 0.122. The van der Waals surface area contributed by atoms with E-state index in [9.17, 15) is 4.79 Å². The van der Waals surface area contributed by atoms with Crippen molar-refractivity contribution < 1.29 is 9.53 Å². The minimum Gasteiger partial charge on any atom is -0.380 e. The summed E-state index contributed by atoms with van der Waals surface area (Å²) in [7, 11) is 0. The number of carbonyl (C=O) groups excluding carboxylic acids is 1. The van der Waals surface area contributed by atoms with Crippen molar-refractivity contribution in [2.24, 2.45) is 16.7 Å². The minimum absolute atomic E-state index is 0.0470. The lowest BCUT2D eigenvalue weighted by atomic mass is 9.69. The molecule has 3 unspecified atom stereocenters. The number of fused-ring (bicyclic) bond motifs is 2. The van der Waals surface area contributed by atoms with Gasteiger partial charge in [-0.25, -0.2) is 4.79 Å². The van der Waals surface area contributed by atoms with Gasteiger partial charge in [0.05, 0.1) is 6.61 Å². The minimum atomic E-state index is -0.0470. The van der Waals surface area contributed by atoms with Crippen LogP contribution in [0.2, 0.25) is 0 Å². The average Bonchev–Trinajstić information content (AvgIpc) is 2.68. The predicted molar refractivity (Wildman–Crippen MR) is 76.0 cm³/mol. The number of amides is 2. The second kappa shape index (κ2) is 5.31. The second-order valence-corrected chi connectivity index (χ2v) is 6.76. The Bertz CT molecular complexity index is 343. The zero-order valence-corrected chi connectivity index (χ0v) is 12.7. The largest absolute Gasteiger partial charge is 0.380 e. The number of carbonyl (C=O) groups is 1. The maximum Gasteiger partial charge on any atom is 0.315 e. The van der Waals surface area contributed by atoms with E-state index in [1.807, 2.05) is 6.92 Å². The van der Waals surface area contributed by atoms with Crippen LogP contribution < -0.4 is 10.6 Å². The molecule has 0 spiro atoms. The van der Waals surface area contributed by atoms with Gasteiger partial charge in [-0.05, 0) is 42.9 Å². The third kappa shape index (κ3) is 2.47. The summed E-state index contributed by atoms with van der Waals surface area (Å²) in [4.78, 5) is 11.9. The molecule has 2 N–H and O–H groups in total. The van der Waals surface area contributed by atoms with Gasteiger partial charge in [0.15, 0.2) is 0 Å². The van der Waals surface area contributed by atoms with E-state index in [2.05, 4.69) is 31.4 Å². The molecule has 2 fully saturated rings. The highest BCUT2D eigenvalue weighted by Crippen LogP contribution is 2.65. The molecule has 2 amide bonds. The van der Waals surface area contributed by atoms with E-state index in [-0.39, 0.29) is 11.4 Å². The first-order chi connectivity index (χ1) is 8.91.